The molecule has 2 atom stereocenters. The van der Waals surface area contributed by atoms with Crippen LogP contribution in [0.3, 0.4) is 0 Å². The summed E-state index contributed by atoms with van der Waals surface area (Å²) in [7, 11) is 0. The largest absolute Gasteiger partial charge is 0.480 e. The molecule has 0 radical (unpaired) electrons. The summed E-state index contributed by atoms with van der Waals surface area (Å²) < 4.78 is 42.1. The Morgan fingerprint density at radius 2 is 2.06 bits per heavy atom. The lowest BCUT2D eigenvalue weighted by molar-refractivity contribution is -0.207. The van der Waals surface area contributed by atoms with Crippen LogP contribution in [0.15, 0.2) is 18.2 Å². The van der Waals surface area contributed by atoms with Crippen molar-refractivity contribution in [1.82, 2.24) is 0 Å². The van der Waals surface area contributed by atoms with Crippen LogP contribution in [0.25, 0.3) is 0 Å². The second-order valence-corrected chi connectivity index (χ2v) is 4.02. The maximum atomic E-state index is 12.4. The summed E-state index contributed by atoms with van der Waals surface area (Å²) in [5.74, 6) is 0.0328. The third-order valence-electron chi connectivity index (χ3n) is 2.40. The number of hydrogen-bond acceptors (Lipinski definition) is 2. The maximum absolute atomic E-state index is 12.4. The zero-order valence-corrected chi connectivity index (χ0v) is 8.72. The number of fused-ring (bicyclic) bond motifs is 1. The van der Waals surface area contributed by atoms with Crippen LogP contribution in [0, 0.1) is 0 Å². The molecule has 1 aromatic rings. The molecule has 1 aliphatic rings. The first kappa shape index (κ1) is 11.5. The zero-order chi connectivity index (χ0) is 11.9. The average molecular weight is 253 g/mol. The number of hydrogen-bond donors (Lipinski definition) is 1. The highest BCUT2D eigenvalue weighted by atomic mass is 35.5. The molecule has 0 fully saturated rings. The first-order valence-corrected chi connectivity index (χ1v) is 4.96. The summed E-state index contributed by atoms with van der Waals surface area (Å²) in [6.07, 6.45) is -8.14. The molecule has 1 aromatic carbocycles. The first-order chi connectivity index (χ1) is 7.38. The summed E-state index contributed by atoms with van der Waals surface area (Å²) in [5.41, 5.74) is 0.299. The van der Waals surface area contributed by atoms with Crippen LogP contribution in [0.1, 0.15) is 18.1 Å². The van der Waals surface area contributed by atoms with E-state index in [2.05, 4.69) is 0 Å². The predicted molar refractivity (Wildman–Crippen MR) is 51.5 cm³/mol. The van der Waals surface area contributed by atoms with Gasteiger partial charge in [0.1, 0.15) is 5.75 Å². The van der Waals surface area contributed by atoms with E-state index in [0.717, 1.165) is 0 Å². The Morgan fingerprint density at radius 3 is 2.69 bits per heavy atom. The molecular formula is C10H8ClF3O2. The Bertz CT molecular complexity index is 406. The maximum Gasteiger partial charge on any atom is 0.425 e. The second-order valence-electron chi connectivity index (χ2n) is 3.58. The van der Waals surface area contributed by atoms with Gasteiger partial charge < -0.3 is 9.84 Å². The minimum absolute atomic E-state index is 0.0328. The van der Waals surface area contributed by atoms with Crippen molar-refractivity contribution < 1.29 is 23.0 Å². The fourth-order valence-corrected chi connectivity index (χ4v) is 1.80. The van der Waals surface area contributed by atoms with Gasteiger partial charge in [-0.3, -0.25) is 0 Å². The van der Waals surface area contributed by atoms with E-state index in [1.54, 1.807) is 0 Å². The Balaban J connectivity index is 2.34. The van der Waals surface area contributed by atoms with Crippen LogP contribution in [0.4, 0.5) is 13.2 Å². The van der Waals surface area contributed by atoms with E-state index in [-0.39, 0.29) is 5.75 Å². The van der Waals surface area contributed by atoms with E-state index >= 15 is 0 Å². The average Bonchev–Trinajstić information content (AvgIpc) is 2.17. The number of aliphatic hydroxyl groups excluding tert-OH is 1. The molecule has 0 aliphatic carbocycles. The standard InChI is InChI=1S/C10H8ClF3O2/c11-5-1-2-8-6(3-5)7(15)4-9(16-8)10(12,13)14/h1-3,7,9,15H,4H2/t7-,9-/m1/s1. The van der Waals surface area contributed by atoms with Gasteiger partial charge >= 0.3 is 6.18 Å². The number of benzene rings is 1. The molecule has 0 saturated heterocycles. The lowest BCUT2D eigenvalue weighted by Crippen LogP contribution is -2.38. The van der Waals surface area contributed by atoms with Crippen molar-refractivity contribution in [2.75, 3.05) is 0 Å². The third-order valence-corrected chi connectivity index (χ3v) is 2.64. The van der Waals surface area contributed by atoms with E-state index in [0.29, 0.717) is 10.6 Å². The molecule has 6 heteroatoms. The summed E-state index contributed by atoms with van der Waals surface area (Å²) >= 11 is 5.68. The smallest absolute Gasteiger partial charge is 0.425 e. The second kappa shape index (κ2) is 3.82. The van der Waals surface area contributed by atoms with Gasteiger partial charge in [-0.2, -0.15) is 13.2 Å². The molecule has 1 aliphatic heterocycles. The molecule has 2 nitrogen and oxygen atoms in total. The first-order valence-electron chi connectivity index (χ1n) is 4.59. The fourth-order valence-electron chi connectivity index (χ4n) is 1.62. The lowest BCUT2D eigenvalue weighted by Gasteiger charge is -2.30. The number of alkyl halides is 3. The molecule has 0 spiro atoms. The van der Waals surface area contributed by atoms with Crippen molar-refractivity contribution in [3.05, 3.63) is 28.8 Å². The highest BCUT2D eigenvalue weighted by molar-refractivity contribution is 6.30. The molecule has 16 heavy (non-hydrogen) atoms. The number of aliphatic hydroxyl groups is 1. The van der Waals surface area contributed by atoms with Gasteiger partial charge in [-0.25, -0.2) is 0 Å². The third kappa shape index (κ3) is 2.10. The van der Waals surface area contributed by atoms with Crippen LogP contribution in [-0.2, 0) is 0 Å². The van der Waals surface area contributed by atoms with Gasteiger partial charge in [0.05, 0.1) is 6.10 Å². The van der Waals surface area contributed by atoms with Gasteiger partial charge in [-0.15, -0.1) is 0 Å². The molecule has 0 saturated carbocycles. The van der Waals surface area contributed by atoms with E-state index in [1.165, 1.54) is 18.2 Å². The Labute approximate surface area is 94.6 Å². The van der Waals surface area contributed by atoms with Crippen molar-refractivity contribution >= 4 is 11.6 Å². The molecule has 88 valence electrons. The summed E-state index contributed by atoms with van der Waals surface area (Å²) in [6.45, 7) is 0. The van der Waals surface area contributed by atoms with Crippen molar-refractivity contribution in [3.63, 3.8) is 0 Å². The van der Waals surface area contributed by atoms with Crippen molar-refractivity contribution in [3.8, 4) is 5.75 Å². The highest BCUT2D eigenvalue weighted by Gasteiger charge is 2.45. The van der Waals surface area contributed by atoms with Crippen molar-refractivity contribution in [1.29, 1.82) is 0 Å². The zero-order valence-electron chi connectivity index (χ0n) is 7.96. The Morgan fingerprint density at radius 1 is 1.38 bits per heavy atom. The molecule has 1 N–H and O–H groups in total. The molecule has 1 heterocycles. The summed E-state index contributed by atoms with van der Waals surface area (Å²) in [4.78, 5) is 0. The van der Waals surface area contributed by atoms with Crippen LogP contribution >= 0.6 is 11.6 Å². The topological polar surface area (TPSA) is 29.5 Å². The van der Waals surface area contributed by atoms with E-state index in [1.807, 2.05) is 0 Å². The van der Waals surface area contributed by atoms with Gasteiger partial charge in [0.15, 0.2) is 6.10 Å². The van der Waals surface area contributed by atoms with Crippen LogP contribution < -0.4 is 4.74 Å². The SMILES string of the molecule is O[C@@H]1C[C@H](C(F)(F)F)Oc2ccc(Cl)cc21. The summed E-state index contributed by atoms with van der Waals surface area (Å²) in [6, 6.07) is 4.17. The van der Waals surface area contributed by atoms with Crippen molar-refractivity contribution in [2.24, 2.45) is 0 Å². The molecule has 0 amide bonds. The quantitative estimate of drug-likeness (QED) is 0.769. The van der Waals surface area contributed by atoms with E-state index in [4.69, 9.17) is 16.3 Å². The van der Waals surface area contributed by atoms with Gasteiger partial charge in [-0.1, -0.05) is 11.6 Å². The normalized spacial score (nSPS) is 24.8. The van der Waals surface area contributed by atoms with Gasteiger partial charge in [0.2, 0.25) is 0 Å². The predicted octanol–water partition coefficient (Wildman–Crippen LogP) is 3.09. The highest BCUT2D eigenvalue weighted by Crippen LogP contribution is 2.40. The van der Waals surface area contributed by atoms with Crippen LogP contribution in [0.2, 0.25) is 5.02 Å². The van der Waals surface area contributed by atoms with E-state index < -0.39 is 24.8 Å². The minimum atomic E-state index is -4.47. The number of halogens is 4. The lowest BCUT2D eigenvalue weighted by atomic mass is 9.99. The van der Waals surface area contributed by atoms with Gasteiger partial charge in [0, 0.05) is 17.0 Å². The molecule has 0 aromatic heterocycles. The van der Waals surface area contributed by atoms with Crippen molar-refractivity contribution in [2.45, 2.75) is 24.8 Å². The molecular weight excluding hydrogens is 245 g/mol. The minimum Gasteiger partial charge on any atom is -0.480 e. The fraction of sp³-hybridized carbons (Fsp3) is 0.400. The van der Waals surface area contributed by atoms with Crippen LogP contribution in [-0.4, -0.2) is 17.4 Å². The molecule has 0 bridgehead atoms. The Hall–Kier alpha value is -0.940. The summed E-state index contributed by atoms with van der Waals surface area (Å²) in [5, 5.41) is 9.93. The molecule has 0 unspecified atom stereocenters. The van der Waals surface area contributed by atoms with Crippen LogP contribution in [0.5, 0.6) is 5.75 Å². The number of rotatable bonds is 0. The van der Waals surface area contributed by atoms with Gasteiger partial charge in [0.25, 0.3) is 0 Å². The Kier molecular flexibility index (Phi) is 2.75. The monoisotopic (exact) mass is 252 g/mol. The molecule has 2 rings (SSSR count). The number of ether oxygens (including phenoxy) is 1. The van der Waals surface area contributed by atoms with E-state index in [9.17, 15) is 18.3 Å². The van der Waals surface area contributed by atoms with Gasteiger partial charge in [-0.05, 0) is 18.2 Å².